The predicted octanol–water partition coefficient (Wildman–Crippen LogP) is 2.30. The van der Waals surface area contributed by atoms with Crippen LogP contribution in [0.15, 0.2) is 18.2 Å². The Morgan fingerprint density at radius 2 is 1.89 bits per heavy atom. The number of nitrogens with two attached hydrogens (primary N) is 1. The Kier molecular flexibility index (Phi) is 6.60. The molecule has 28 heavy (non-hydrogen) atoms. The number of carbonyl (C=O) groups excluding carboxylic acids is 1. The van der Waals surface area contributed by atoms with E-state index in [0.717, 1.165) is 16.7 Å². The number of fused-ring (bicyclic) bond motifs is 1. The van der Waals surface area contributed by atoms with Crippen molar-refractivity contribution in [2.24, 2.45) is 5.73 Å². The van der Waals surface area contributed by atoms with Crippen LogP contribution in [0.5, 0.6) is 0 Å². The van der Waals surface area contributed by atoms with Crippen LogP contribution in [0.1, 0.15) is 23.6 Å². The normalized spacial score (nSPS) is 15.0. The number of carbonyl (C=O) groups is 1. The third-order valence-corrected chi connectivity index (χ3v) is 4.28. The monoisotopic (exact) mass is 425 g/mol. The summed E-state index contributed by atoms with van der Waals surface area (Å²) >= 11 is 0. The van der Waals surface area contributed by atoms with Gasteiger partial charge in [0, 0.05) is 25.6 Å². The van der Waals surface area contributed by atoms with Crippen molar-refractivity contribution in [3.8, 4) is 0 Å². The molecule has 6 nitrogen and oxygen atoms in total. The summed E-state index contributed by atoms with van der Waals surface area (Å²) in [7, 11) is 0. The number of aromatic nitrogens is 3. The number of benzene rings is 1. The quantitative estimate of drug-likeness (QED) is 0.763. The van der Waals surface area contributed by atoms with E-state index in [1.165, 1.54) is 11.0 Å². The summed E-state index contributed by atoms with van der Waals surface area (Å²) in [6.07, 6.45) is -4.53. The van der Waals surface area contributed by atoms with Crippen molar-refractivity contribution in [3.63, 3.8) is 0 Å². The smallest absolute Gasteiger partial charge is 0.333 e. The Bertz CT molecular complexity index is 856. The van der Waals surface area contributed by atoms with Gasteiger partial charge in [-0.05, 0) is 24.1 Å². The second kappa shape index (κ2) is 8.39. The van der Waals surface area contributed by atoms with E-state index in [1.807, 2.05) is 0 Å². The fraction of sp³-hybridized carbons (Fsp3) is 0.438. The van der Waals surface area contributed by atoms with Gasteiger partial charge in [-0.25, -0.2) is 8.78 Å². The van der Waals surface area contributed by atoms with Crippen molar-refractivity contribution in [3.05, 3.63) is 47.0 Å². The minimum absolute atomic E-state index is 0. The van der Waals surface area contributed by atoms with E-state index in [2.05, 4.69) is 10.2 Å². The first-order chi connectivity index (χ1) is 12.6. The second-order valence-corrected chi connectivity index (χ2v) is 6.32. The van der Waals surface area contributed by atoms with Gasteiger partial charge in [0.25, 0.3) is 0 Å². The fourth-order valence-electron chi connectivity index (χ4n) is 2.98. The molecule has 12 heteroatoms. The van der Waals surface area contributed by atoms with Gasteiger partial charge in [0.2, 0.25) is 11.7 Å². The molecule has 0 saturated heterocycles. The van der Waals surface area contributed by atoms with Crippen LogP contribution in [-0.4, -0.2) is 38.2 Å². The SMILES string of the molecule is Cl.NC(CC(=O)N1CCn2c(nnc2C(F)(F)F)C1)Cc1ccc(F)c(F)c1. The van der Waals surface area contributed by atoms with Gasteiger partial charge in [-0.15, -0.1) is 22.6 Å². The van der Waals surface area contributed by atoms with Crippen LogP contribution in [0.4, 0.5) is 22.0 Å². The summed E-state index contributed by atoms with van der Waals surface area (Å²) in [4.78, 5) is 13.7. The number of hydrogen-bond acceptors (Lipinski definition) is 4. The highest BCUT2D eigenvalue weighted by atomic mass is 35.5. The lowest BCUT2D eigenvalue weighted by molar-refractivity contribution is -0.148. The minimum atomic E-state index is -4.61. The largest absolute Gasteiger partial charge is 0.451 e. The van der Waals surface area contributed by atoms with Crippen LogP contribution in [0.25, 0.3) is 0 Å². The van der Waals surface area contributed by atoms with Crippen LogP contribution in [-0.2, 0) is 30.5 Å². The molecule has 3 rings (SSSR count). The molecule has 1 atom stereocenters. The predicted molar refractivity (Wildman–Crippen MR) is 90.3 cm³/mol. The Hall–Kier alpha value is -2.27. The zero-order valence-corrected chi connectivity index (χ0v) is 15.2. The lowest BCUT2D eigenvalue weighted by Crippen LogP contribution is -2.42. The van der Waals surface area contributed by atoms with Gasteiger partial charge >= 0.3 is 6.18 Å². The summed E-state index contributed by atoms with van der Waals surface area (Å²) < 4.78 is 65.6. The molecule has 0 fully saturated rings. The number of alkyl halides is 3. The topological polar surface area (TPSA) is 77.0 Å². The molecule has 2 aromatic rings. The first-order valence-electron chi connectivity index (χ1n) is 8.11. The summed E-state index contributed by atoms with van der Waals surface area (Å²) in [5.74, 6) is -3.36. The number of halogens is 6. The van der Waals surface area contributed by atoms with Crippen LogP contribution < -0.4 is 5.73 Å². The van der Waals surface area contributed by atoms with Crippen molar-refractivity contribution < 1.29 is 26.7 Å². The van der Waals surface area contributed by atoms with E-state index >= 15 is 0 Å². The Balaban J connectivity index is 0.00000280. The Morgan fingerprint density at radius 1 is 1.18 bits per heavy atom. The molecule has 2 N–H and O–H groups in total. The molecular weight excluding hydrogens is 409 g/mol. The molecule has 1 aromatic carbocycles. The molecule has 0 bridgehead atoms. The van der Waals surface area contributed by atoms with Gasteiger partial charge < -0.3 is 15.2 Å². The van der Waals surface area contributed by atoms with E-state index in [0.29, 0.717) is 5.56 Å². The van der Waals surface area contributed by atoms with Crippen molar-refractivity contribution in [2.75, 3.05) is 6.54 Å². The zero-order valence-electron chi connectivity index (χ0n) is 14.4. The first kappa shape index (κ1) is 22.0. The highest BCUT2D eigenvalue weighted by molar-refractivity contribution is 5.85. The number of hydrogen-bond donors (Lipinski definition) is 1. The fourth-order valence-corrected chi connectivity index (χ4v) is 2.98. The van der Waals surface area contributed by atoms with Gasteiger partial charge in [0.05, 0.1) is 6.54 Å². The Labute approximate surface area is 162 Å². The van der Waals surface area contributed by atoms with Crippen molar-refractivity contribution in [1.29, 1.82) is 0 Å². The van der Waals surface area contributed by atoms with E-state index in [-0.39, 0.29) is 56.6 Å². The van der Waals surface area contributed by atoms with Crippen LogP contribution >= 0.6 is 12.4 Å². The standard InChI is InChI=1S/C16H16F5N5O.ClH/c17-11-2-1-9(6-12(11)18)5-10(22)7-14(27)25-3-4-26-13(8-25)23-24-15(26)16(19,20)21;/h1-2,6,10H,3-5,7-8,22H2;1H. The van der Waals surface area contributed by atoms with Gasteiger partial charge in [0.15, 0.2) is 17.5 Å². The molecule has 1 amide bonds. The maximum absolute atomic E-state index is 13.2. The summed E-state index contributed by atoms with van der Waals surface area (Å²) in [5, 5.41) is 6.67. The van der Waals surface area contributed by atoms with E-state index in [9.17, 15) is 26.7 Å². The van der Waals surface area contributed by atoms with Gasteiger partial charge in [0.1, 0.15) is 0 Å². The lowest BCUT2D eigenvalue weighted by Gasteiger charge is -2.29. The first-order valence-corrected chi connectivity index (χ1v) is 8.11. The molecule has 0 radical (unpaired) electrons. The molecule has 2 heterocycles. The van der Waals surface area contributed by atoms with Crippen LogP contribution in [0, 0.1) is 11.6 Å². The van der Waals surface area contributed by atoms with Gasteiger partial charge in [-0.3, -0.25) is 4.79 Å². The molecular formula is C16H17ClF5N5O. The third-order valence-electron chi connectivity index (χ3n) is 4.28. The average Bonchev–Trinajstić information content (AvgIpc) is 3.01. The number of nitrogens with zero attached hydrogens (tertiary/aromatic N) is 4. The maximum atomic E-state index is 13.2. The summed E-state index contributed by atoms with van der Waals surface area (Å²) in [6, 6.07) is 2.73. The van der Waals surface area contributed by atoms with Gasteiger partial charge in [-0.2, -0.15) is 13.2 Å². The lowest BCUT2D eigenvalue weighted by atomic mass is 10.0. The molecule has 1 unspecified atom stereocenters. The highest BCUT2D eigenvalue weighted by Crippen LogP contribution is 2.29. The molecule has 0 saturated carbocycles. The molecule has 154 valence electrons. The summed E-state index contributed by atoms with van der Waals surface area (Å²) in [6.45, 7) is -0.0913. The van der Waals surface area contributed by atoms with E-state index in [4.69, 9.17) is 5.73 Å². The zero-order chi connectivity index (χ0) is 19.8. The molecule has 0 aliphatic carbocycles. The summed E-state index contributed by atoms with van der Waals surface area (Å²) in [5.41, 5.74) is 6.36. The van der Waals surface area contributed by atoms with Crippen molar-refractivity contribution in [2.45, 2.75) is 38.1 Å². The molecule has 0 spiro atoms. The maximum Gasteiger partial charge on any atom is 0.451 e. The van der Waals surface area contributed by atoms with Crippen LogP contribution in [0.2, 0.25) is 0 Å². The Morgan fingerprint density at radius 3 is 2.54 bits per heavy atom. The molecule has 1 aliphatic rings. The van der Waals surface area contributed by atoms with Crippen molar-refractivity contribution >= 4 is 18.3 Å². The number of rotatable bonds is 4. The molecule has 1 aliphatic heterocycles. The van der Waals surface area contributed by atoms with E-state index in [1.54, 1.807) is 0 Å². The molecule has 1 aromatic heterocycles. The van der Waals surface area contributed by atoms with Crippen molar-refractivity contribution in [1.82, 2.24) is 19.7 Å². The number of amides is 1. The van der Waals surface area contributed by atoms with E-state index < -0.39 is 29.7 Å². The highest BCUT2D eigenvalue weighted by Gasteiger charge is 2.39. The third kappa shape index (κ3) is 4.76. The van der Waals surface area contributed by atoms with Gasteiger partial charge in [-0.1, -0.05) is 6.07 Å². The average molecular weight is 426 g/mol. The minimum Gasteiger partial charge on any atom is -0.333 e. The second-order valence-electron chi connectivity index (χ2n) is 6.32. The van der Waals surface area contributed by atoms with Crippen LogP contribution in [0.3, 0.4) is 0 Å².